The van der Waals surface area contributed by atoms with Crippen LogP contribution in [-0.2, 0) is 4.79 Å². The van der Waals surface area contributed by atoms with E-state index >= 15 is 0 Å². The minimum atomic E-state index is -0.824. The minimum absolute atomic E-state index is 0.0149. The van der Waals surface area contributed by atoms with Crippen LogP contribution in [0.1, 0.15) is 28.9 Å². The van der Waals surface area contributed by atoms with Crippen molar-refractivity contribution in [2.45, 2.75) is 19.3 Å². The van der Waals surface area contributed by atoms with Gasteiger partial charge in [0.2, 0.25) is 0 Å². The number of carbonyl (C=O) groups excluding carboxylic acids is 1. The molecule has 1 fully saturated rings. The summed E-state index contributed by atoms with van der Waals surface area (Å²) in [5.74, 6) is -1.95. The number of carbonyl (C=O) groups is 2. The molecule has 0 atom stereocenters. The fourth-order valence-electron chi connectivity index (χ4n) is 1.73. The normalized spacial score (nSPS) is 16.2. The summed E-state index contributed by atoms with van der Waals surface area (Å²) in [6.45, 7) is 0.234. The molecule has 2 rings (SSSR count). The number of hydrogen-bond acceptors (Lipinski definition) is 3. The van der Waals surface area contributed by atoms with E-state index in [1.807, 2.05) is 0 Å². The Hall–Kier alpha value is -0.470. The average molecular weight is 415 g/mol. The van der Waals surface area contributed by atoms with Gasteiger partial charge in [0.05, 0.1) is 13.7 Å². The highest BCUT2D eigenvalue weighted by Crippen LogP contribution is 2.48. The van der Waals surface area contributed by atoms with Gasteiger partial charge in [-0.1, -0.05) is 0 Å². The highest BCUT2D eigenvalue weighted by Gasteiger charge is 2.49. The Labute approximate surface area is 129 Å². The number of thiophene rings is 1. The van der Waals surface area contributed by atoms with Crippen molar-refractivity contribution in [2.24, 2.45) is 5.41 Å². The maximum atomic E-state index is 13.7. The highest BCUT2D eigenvalue weighted by molar-refractivity contribution is 9.13. The van der Waals surface area contributed by atoms with Crippen molar-refractivity contribution in [2.75, 3.05) is 6.54 Å². The lowest BCUT2D eigenvalue weighted by molar-refractivity contribution is -0.143. The van der Waals surface area contributed by atoms with Crippen molar-refractivity contribution in [1.82, 2.24) is 5.32 Å². The van der Waals surface area contributed by atoms with Crippen LogP contribution in [0.25, 0.3) is 0 Å². The molecule has 1 aromatic heterocycles. The Bertz CT molecular complexity index is 542. The number of carboxylic acids is 1. The molecule has 19 heavy (non-hydrogen) atoms. The van der Waals surface area contributed by atoms with Gasteiger partial charge in [-0.05, 0) is 51.1 Å². The zero-order valence-corrected chi connectivity index (χ0v) is 13.6. The molecule has 104 valence electrons. The topological polar surface area (TPSA) is 66.4 Å². The van der Waals surface area contributed by atoms with Gasteiger partial charge in [0.1, 0.15) is 4.88 Å². The monoisotopic (exact) mass is 413 g/mol. The van der Waals surface area contributed by atoms with Gasteiger partial charge in [0.25, 0.3) is 5.91 Å². The summed E-state index contributed by atoms with van der Waals surface area (Å²) in [5.41, 5.74) is -0.678. The van der Waals surface area contributed by atoms with Crippen LogP contribution in [0.4, 0.5) is 4.39 Å². The van der Waals surface area contributed by atoms with E-state index in [9.17, 15) is 14.0 Å². The molecule has 0 aliphatic heterocycles. The van der Waals surface area contributed by atoms with Gasteiger partial charge in [-0.15, -0.1) is 11.3 Å². The van der Waals surface area contributed by atoms with Crippen molar-refractivity contribution in [3.05, 3.63) is 19.0 Å². The van der Waals surface area contributed by atoms with Crippen molar-refractivity contribution in [3.63, 3.8) is 0 Å². The Morgan fingerprint density at radius 2 is 2.05 bits per heavy atom. The van der Waals surface area contributed by atoms with Gasteiger partial charge in [0.15, 0.2) is 5.82 Å². The molecule has 1 aromatic rings. The Balaban J connectivity index is 1.92. The van der Waals surface area contributed by atoms with Gasteiger partial charge in [0, 0.05) is 6.54 Å². The van der Waals surface area contributed by atoms with Gasteiger partial charge in [-0.2, -0.15) is 0 Å². The molecule has 0 radical (unpaired) electrons. The molecular weight excluding hydrogens is 405 g/mol. The molecule has 1 aliphatic rings. The van der Waals surface area contributed by atoms with Crippen molar-refractivity contribution in [1.29, 1.82) is 0 Å². The van der Waals surface area contributed by atoms with E-state index in [-0.39, 0.29) is 15.9 Å². The van der Waals surface area contributed by atoms with Crippen LogP contribution < -0.4 is 5.32 Å². The summed E-state index contributed by atoms with van der Waals surface area (Å²) < 4.78 is 14.4. The molecule has 0 aromatic carbocycles. The van der Waals surface area contributed by atoms with Crippen LogP contribution in [0.5, 0.6) is 0 Å². The summed E-state index contributed by atoms with van der Waals surface area (Å²) in [6, 6.07) is 0. The summed E-state index contributed by atoms with van der Waals surface area (Å²) in [4.78, 5) is 22.7. The van der Waals surface area contributed by atoms with E-state index in [1.54, 1.807) is 0 Å². The van der Waals surface area contributed by atoms with E-state index < -0.39 is 23.1 Å². The molecule has 8 heteroatoms. The third-order valence-corrected chi connectivity index (χ3v) is 6.53. The number of amides is 1. The van der Waals surface area contributed by atoms with E-state index in [4.69, 9.17) is 5.11 Å². The fraction of sp³-hybridized carbons (Fsp3) is 0.455. The lowest BCUT2D eigenvalue weighted by Crippen LogP contribution is -2.28. The van der Waals surface area contributed by atoms with Gasteiger partial charge in [-0.25, -0.2) is 4.39 Å². The minimum Gasteiger partial charge on any atom is -0.481 e. The highest BCUT2D eigenvalue weighted by atomic mass is 79.9. The number of aliphatic carboxylic acids is 1. The summed E-state index contributed by atoms with van der Waals surface area (Å²) in [5, 5.41) is 11.5. The van der Waals surface area contributed by atoms with E-state index in [2.05, 4.69) is 37.2 Å². The van der Waals surface area contributed by atoms with Crippen molar-refractivity contribution >= 4 is 55.1 Å². The first-order valence-electron chi connectivity index (χ1n) is 5.52. The van der Waals surface area contributed by atoms with Crippen LogP contribution in [0.2, 0.25) is 0 Å². The second-order valence-electron chi connectivity index (χ2n) is 4.42. The van der Waals surface area contributed by atoms with Crippen molar-refractivity contribution < 1.29 is 19.1 Å². The molecule has 0 unspecified atom stereocenters. The first kappa shape index (κ1) is 14.9. The van der Waals surface area contributed by atoms with Crippen LogP contribution in [0.15, 0.2) is 8.26 Å². The Morgan fingerprint density at radius 3 is 2.47 bits per heavy atom. The fourth-order valence-corrected chi connectivity index (χ4v) is 3.68. The molecule has 2 N–H and O–H groups in total. The van der Waals surface area contributed by atoms with Crippen LogP contribution >= 0.6 is 43.2 Å². The van der Waals surface area contributed by atoms with Gasteiger partial charge in [-0.3, -0.25) is 9.59 Å². The predicted octanol–water partition coefficient (Wildman–Crippen LogP) is 3.40. The molecule has 1 saturated carbocycles. The molecule has 1 amide bonds. The second kappa shape index (κ2) is 5.49. The van der Waals surface area contributed by atoms with Crippen LogP contribution in [0.3, 0.4) is 0 Å². The predicted molar refractivity (Wildman–Crippen MR) is 75.9 cm³/mol. The third-order valence-electron chi connectivity index (χ3n) is 3.16. The number of carboxylic acid groups (broad SMARTS) is 1. The number of rotatable bonds is 5. The standard InChI is InChI=1S/C11H10Br2FNO3S/c12-5-6(14)7(19-8(5)13)9(16)15-4-3-11(1-2-11)10(17)18/h1-4H2,(H,15,16)(H,17,18). The second-order valence-corrected chi connectivity index (χ2v) is 7.56. The largest absolute Gasteiger partial charge is 0.481 e. The maximum absolute atomic E-state index is 13.7. The zero-order chi connectivity index (χ0) is 14.2. The molecule has 0 spiro atoms. The Kier molecular flexibility index (Phi) is 4.32. The quantitative estimate of drug-likeness (QED) is 0.775. The van der Waals surface area contributed by atoms with E-state index in [1.165, 1.54) is 0 Å². The number of nitrogens with one attached hydrogen (secondary N) is 1. The smallest absolute Gasteiger partial charge is 0.309 e. The summed E-state index contributed by atoms with van der Waals surface area (Å²) in [6.07, 6.45) is 1.66. The zero-order valence-electron chi connectivity index (χ0n) is 9.63. The summed E-state index contributed by atoms with van der Waals surface area (Å²) in [7, 11) is 0. The lowest BCUT2D eigenvalue weighted by atomic mass is 10.0. The van der Waals surface area contributed by atoms with Gasteiger partial charge < -0.3 is 10.4 Å². The number of halogens is 3. The first-order chi connectivity index (χ1) is 8.87. The molecule has 0 saturated heterocycles. The van der Waals surface area contributed by atoms with E-state index in [0.717, 1.165) is 11.3 Å². The SMILES string of the molecule is O=C(NCCC1(C(=O)O)CC1)c1sc(Br)c(Br)c1F. The van der Waals surface area contributed by atoms with Gasteiger partial charge >= 0.3 is 5.97 Å². The molecular formula is C11H10Br2FNO3S. The molecule has 1 aliphatic carbocycles. The molecule has 4 nitrogen and oxygen atoms in total. The van der Waals surface area contributed by atoms with Crippen LogP contribution in [-0.4, -0.2) is 23.5 Å². The molecule has 1 heterocycles. The van der Waals surface area contributed by atoms with E-state index in [0.29, 0.717) is 23.0 Å². The van der Waals surface area contributed by atoms with Crippen molar-refractivity contribution in [3.8, 4) is 0 Å². The lowest BCUT2D eigenvalue weighted by Gasteiger charge is -2.09. The van der Waals surface area contributed by atoms with Crippen LogP contribution in [0, 0.1) is 11.2 Å². The molecule has 0 bridgehead atoms. The average Bonchev–Trinajstić information content (AvgIpc) is 3.10. The third kappa shape index (κ3) is 3.00. The first-order valence-corrected chi connectivity index (χ1v) is 7.92. The Morgan fingerprint density at radius 1 is 1.42 bits per heavy atom. The maximum Gasteiger partial charge on any atom is 0.309 e. The number of hydrogen-bond donors (Lipinski definition) is 2. The summed E-state index contributed by atoms with van der Waals surface area (Å²) >= 11 is 7.16.